The van der Waals surface area contributed by atoms with Gasteiger partial charge in [0, 0.05) is 6.08 Å². The first-order valence-electron chi connectivity index (χ1n) is 7.08. The van der Waals surface area contributed by atoms with Crippen molar-refractivity contribution in [3.05, 3.63) is 58.6 Å². The Morgan fingerprint density at radius 3 is 2.64 bits per heavy atom. The Kier molecular flexibility index (Phi) is 4.59. The molecule has 4 nitrogen and oxygen atoms in total. The van der Waals surface area contributed by atoms with Crippen LogP contribution in [0.3, 0.4) is 0 Å². The minimum Gasteiger partial charge on any atom is -0.454 e. The molecular formula is C17H11ClF3NO3. The van der Waals surface area contributed by atoms with Gasteiger partial charge in [-0.25, -0.2) is 0 Å². The van der Waals surface area contributed by atoms with Crippen LogP contribution in [0.25, 0.3) is 6.08 Å². The van der Waals surface area contributed by atoms with Gasteiger partial charge in [0.05, 0.1) is 16.3 Å². The first-order valence-corrected chi connectivity index (χ1v) is 7.46. The summed E-state index contributed by atoms with van der Waals surface area (Å²) in [4.78, 5) is 11.9. The highest BCUT2D eigenvalue weighted by molar-refractivity contribution is 6.33. The molecule has 0 aromatic heterocycles. The van der Waals surface area contributed by atoms with E-state index < -0.39 is 17.6 Å². The minimum atomic E-state index is -4.52. The van der Waals surface area contributed by atoms with Crippen molar-refractivity contribution in [1.82, 2.24) is 0 Å². The predicted octanol–water partition coefficient (Wildman–Crippen LogP) is 4.74. The number of alkyl halides is 3. The lowest BCUT2D eigenvalue weighted by Gasteiger charge is -2.10. The molecule has 1 amide bonds. The van der Waals surface area contributed by atoms with Crippen molar-refractivity contribution in [3.63, 3.8) is 0 Å². The van der Waals surface area contributed by atoms with E-state index in [1.165, 1.54) is 12.2 Å². The molecule has 0 spiro atoms. The monoisotopic (exact) mass is 369 g/mol. The summed E-state index contributed by atoms with van der Waals surface area (Å²) in [6.45, 7) is 0.136. The summed E-state index contributed by atoms with van der Waals surface area (Å²) in [6.07, 6.45) is -1.83. The number of carbonyl (C=O) groups is 1. The molecule has 0 saturated heterocycles. The number of ether oxygens (including phenoxy) is 2. The van der Waals surface area contributed by atoms with Gasteiger partial charge in [0.25, 0.3) is 0 Å². The second kappa shape index (κ2) is 6.68. The van der Waals surface area contributed by atoms with E-state index in [2.05, 4.69) is 5.32 Å². The van der Waals surface area contributed by atoms with Crippen LogP contribution in [-0.2, 0) is 11.0 Å². The van der Waals surface area contributed by atoms with Crippen molar-refractivity contribution < 1.29 is 27.4 Å². The molecule has 0 radical (unpaired) electrons. The Balaban J connectivity index is 1.72. The Morgan fingerprint density at radius 1 is 1.12 bits per heavy atom. The summed E-state index contributed by atoms with van der Waals surface area (Å²) in [5, 5.41) is 2.34. The average Bonchev–Trinajstić information content (AvgIpc) is 3.01. The second-order valence-electron chi connectivity index (χ2n) is 5.13. The summed E-state index contributed by atoms with van der Waals surface area (Å²) in [7, 11) is 0. The van der Waals surface area contributed by atoms with E-state index in [9.17, 15) is 18.0 Å². The van der Waals surface area contributed by atoms with Crippen LogP contribution in [-0.4, -0.2) is 12.7 Å². The molecule has 0 unspecified atom stereocenters. The number of anilines is 1. The van der Waals surface area contributed by atoms with Crippen LogP contribution in [0.5, 0.6) is 11.5 Å². The zero-order chi connectivity index (χ0) is 18.0. The lowest BCUT2D eigenvalue weighted by Crippen LogP contribution is -2.11. The Labute approximate surface area is 145 Å². The zero-order valence-corrected chi connectivity index (χ0v) is 13.3. The highest BCUT2D eigenvalue weighted by Gasteiger charge is 2.31. The van der Waals surface area contributed by atoms with Gasteiger partial charge in [0.15, 0.2) is 11.5 Å². The molecule has 0 aliphatic carbocycles. The van der Waals surface area contributed by atoms with Gasteiger partial charge < -0.3 is 14.8 Å². The summed E-state index contributed by atoms with van der Waals surface area (Å²) in [6, 6.07) is 7.82. The topological polar surface area (TPSA) is 47.6 Å². The lowest BCUT2D eigenvalue weighted by molar-refractivity contribution is -0.137. The smallest absolute Gasteiger partial charge is 0.416 e. The molecule has 1 aliphatic heterocycles. The van der Waals surface area contributed by atoms with E-state index in [0.717, 1.165) is 18.2 Å². The average molecular weight is 370 g/mol. The number of hydrogen-bond donors (Lipinski definition) is 1. The summed E-state index contributed by atoms with van der Waals surface area (Å²) in [5.74, 6) is 0.555. The molecule has 25 heavy (non-hydrogen) atoms. The first kappa shape index (κ1) is 17.2. The van der Waals surface area contributed by atoms with Crippen LogP contribution in [0, 0.1) is 0 Å². The van der Waals surface area contributed by atoms with Crippen molar-refractivity contribution in [1.29, 1.82) is 0 Å². The quantitative estimate of drug-likeness (QED) is 0.795. The van der Waals surface area contributed by atoms with Crippen LogP contribution in [0.1, 0.15) is 11.1 Å². The Bertz CT molecular complexity index is 850. The molecule has 0 atom stereocenters. The molecule has 2 aromatic carbocycles. The SMILES string of the molecule is O=C(/C=C/c1ccc2c(c1)OCO2)Nc1cc(C(F)(F)F)ccc1Cl. The van der Waals surface area contributed by atoms with Crippen molar-refractivity contribution in [2.24, 2.45) is 0 Å². The number of halogens is 4. The summed E-state index contributed by atoms with van der Waals surface area (Å²) < 4.78 is 48.6. The number of amides is 1. The number of hydrogen-bond acceptors (Lipinski definition) is 3. The van der Waals surface area contributed by atoms with Crippen molar-refractivity contribution >= 4 is 29.3 Å². The molecule has 1 N–H and O–H groups in total. The fourth-order valence-corrected chi connectivity index (χ4v) is 2.33. The third-order valence-corrected chi connectivity index (χ3v) is 3.70. The number of rotatable bonds is 3. The molecule has 1 heterocycles. The van der Waals surface area contributed by atoms with E-state index >= 15 is 0 Å². The highest BCUT2D eigenvalue weighted by Crippen LogP contribution is 2.34. The van der Waals surface area contributed by atoms with Gasteiger partial charge in [-0.15, -0.1) is 0 Å². The largest absolute Gasteiger partial charge is 0.454 e. The molecule has 1 aliphatic rings. The predicted molar refractivity (Wildman–Crippen MR) is 86.7 cm³/mol. The number of nitrogens with one attached hydrogen (secondary N) is 1. The molecule has 0 fully saturated rings. The van der Waals surface area contributed by atoms with Crippen molar-refractivity contribution in [2.45, 2.75) is 6.18 Å². The molecule has 2 aromatic rings. The normalized spacial score (nSPS) is 13.3. The van der Waals surface area contributed by atoms with Crippen molar-refractivity contribution in [2.75, 3.05) is 12.1 Å². The summed E-state index contributed by atoms with van der Waals surface area (Å²) >= 11 is 5.83. The van der Waals surface area contributed by atoms with E-state index in [1.54, 1.807) is 18.2 Å². The molecular weight excluding hydrogens is 359 g/mol. The van der Waals surface area contributed by atoms with Gasteiger partial charge >= 0.3 is 6.18 Å². The van der Waals surface area contributed by atoms with Crippen LogP contribution >= 0.6 is 11.6 Å². The highest BCUT2D eigenvalue weighted by atomic mass is 35.5. The number of carbonyl (C=O) groups excluding carboxylic acids is 1. The van der Waals surface area contributed by atoms with E-state index in [4.69, 9.17) is 21.1 Å². The molecule has 0 bridgehead atoms. The maximum Gasteiger partial charge on any atom is 0.416 e. The van der Waals surface area contributed by atoms with E-state index in [1.807, 2.05) is 0 Å². The van der Waals surface area contributed by atoms with Gasteiger partial charge in [0.2, 0.25) is 12.7 Å². The summed E-state index contributed by atoms with van der Waals surface area (Å²) in [5.41, 5.74) is -0.335. The Hall–Kier alpha value is -2.67. The van der Waals surface area contributed by atoms with Crippen LogP contribution < -0.4 is 14.8 Å². The van der Waals surface area contributed by atoms with Crippen molar-refractivity contribution in [3.8, 4) is 11.5 Å². The van der Waals surface area contributed by atoms with E-state index in [-0.39, 0.29) is 17.5 Å². The van der Waals surface area contributed by atoms with E-state index in [0.29, 0.717) is 17.1 Å². The fraction of sp³-hybridized carbons (Fsp3) is 0.118. The standard InChI is InChI=1S/C17H11ClF3NO3/c18-12-4-3-11(17(19,20)21)8-13(12)22-16(23)6-2-10-1-5-14-15(7-10)25-9-24-14/h1-8H,9H2,(H,22,23)/b6-2+. The van der Waals surface area contributed by atoms with Crippen LogP contribution in [0.2, 0.25) is 5.02 Å². The minimum absolute atomic E-state index is 0.0119. The van der Waals surface area contributed by atoms with Gasteiger partial charge in [-0.2, -0.15) is 13.2 Å². The van der Waals surface area contributed by atoms with Gasteiger partial charge in [-0.1, -0.05) is 17.7 Å². The van der Waals surface area contributed by atoms with Crippen LogP contribution in [0.4, 0.5) is 18.9 Å². The third-order valence-electron chi connectivity index (χ3n) is 3.38. The molecule has 8 heteroatoms. The molecule has 0 saturated carbocycles. The van der Waals surface area contributed by atoms with Gasteiger partial charge in [0.1, 0.15) is 0 Å². The van der Waals surface area contributed by atoms with Gasteiger partial charge in [-0.05, 0) is 42.0 Å². The second-order valence-corrected chi connectivity index (χ2v) is 5.53. The van der Waals surface area contributed by atoms with Crippen LogP contribution in [0.15, 0.2) is 42.5 Å². The lowest BCUT2D eigenvalue weighted by atomic mass is 10.1. The Morgan fingerprint density at radius 2 is 1.88 bits per heavy atom. The zero-order valence-electron chi connectivity index (χ0n) is 12.6. The maximum atomic E-state index is 12.7. The maximum absolute atomic E-state index is 12.7. The number of fused-ring (bicyclic) bond motifs is 1. The molecule has 3 rings (SSSR count). The first-order chi connectivity index (χ1) is 11.8. The van der Waals surface area contributed by atoms with Gasteiger partial charge in [-0.3, -0.25) is 4.79 Å². The number of benzene rings is 2. The fourth-order valence-electron chi connectivity index (χ4n) is 2.16. The third kappa shape index (κ3) is 4.06. The molecule has 130 valence electrons.